The van der Waals surface area contributed by atoms with Gasteiger partial charge in [-0.3, -0.25) is 0 Å². The van der Waals surface area contributed by atoms with Gasteiger partial charge in [-0.1, -0.05) is 133 Å². The number of thiophene rings is 2. The van der Waals surface area contributed by atoms with Crippen LogP contribution in [0.1, 0.15) is 22.3 Å². The van der Waals surface area contributed by atoms with Crippen LogP contribution in [0.5, 0.6) is 0 Å². The first-order chi connectivity index (χ1) is 18.8. The van der Waals surface area contributed by atoms with Crippen molar-refractivity contribution in [2.45, 2.75) is 0 Å². The van der Waals surface area contributed by atoms with E-state index in [0.29, 0.717) is 0 Å². The Morgan fingerprint density at radius 1 is 0.289 bits per heavy atom. The SMILES string of the molecule is C(=Cc1ccc(-c2ccc(-c3ccc(-c4ccc(C=Cc5ccccc5)cc4)s3)s2)cc1)c1ccccc1. The van der Waals surface area contributed by atoms with E-state index < -0.39 is 0 Å². The zero-order valence-corrected chi connectivity index (χ0v) is 22.5. The van der Waals surface area contributed by atoms with Crippen LogP contribution in [0.25, 0.3) is 54.9 Å². The molecule has 0 aliphatic heterocycles. The van der Waals surface area contributed by atoms with E-state index in [1.165, 1.54) is 52.9 Å². The Hall–Kier alpha value is -4.24. The average Bonchev–Trinajstić information content (AvgIpc) is 3.67. The summed E-state index contributed by atoms with van der Waals surface area (Å²) in [5.41, 5.74) is 7.36. The van der Waals surface area contributed by atoms with Gasteiger partial charge >= 0.3 is 0 Å². The van der Waals surface area contributed by atoms with Gasteiger partial charge in [0.15, 0.2) is 0 Å². The third-order valence-electron chi connectivity index (χ3n) is 6.38. The van der Waals surface area contributed by atoms with Crippen LogP contribution in [0.2, 0.25) is 0 Å². The van der Waals surface area contributed by atoms with E-state index in [1.807, 2.05) is 34.8 Å². The molecule has 0 bridgehead atoms. The Morgan fingerprint density at radius 3 is 0.974 bits per heavy atom. The molecule has 2 heteroatoms. The van der Waals surface area contributed by atoms with Gasteiger partial charge in [-0.05, 0) is 57.6 Å². The topological polar surface area (TPSA) is 0 Å². The highest BCUT2D eigenvalue weighted by molar-refractivity contribution is 7.25. The van der Waals surface area contributed by atoms with Gasteiger partial charge in [-0.25, -0.2) is 0 Å². The van der Waals surface area contributed by atoms with E-state index in [2.05, 4.69) is 146 Å². The smallest absolute Gasteiger partial charge is 0.0449 e. The number of rotatable bonds is 7. The summed E-state index contributed by atoms with van der Waals surface area (Å²) in [6, 6.07) is 47.4. The summed E-state index contributed by atoms with van der Waals surface area (Å²) in [5, 5.41) is 0. The predicted molar refractivity (Wildman–Crippen MR) is 169 cm³/mol. The Labute approximate surface area is 232 Å². The molecule has 6 aromatic rings. The van der Waals surface area contributed by atoms with Crippen molar-refractivity contribution in [2.75, 3.05) is 0 Å². The van der Waals surface area contributed by atoms with Gasteiger partial charge < -0.3 is 0 Å². The molecule has 0 atom stereocenters. The highest BCUT2D eigenvalue weighted by Crippen LogP contribution is 2.40. The Morgan fingerprint density at radius 2 is 0.605 bits per heavy atom. The maximum absolute atomic E-state index is 2.25. The molecule has 0 saturated carbocycles. The van der Waals surface area contributed by atoms with E-state index in [0.717, 1.165) is 0 Å². The van der Waals surface area contributed by atoms with Crippen LogP contribution in [0.4, 0.5) is 0 Å². The maximum Gasteiger partial charge on any atom is 0.0449 e. The van der Waals surface area contributed by atoms with Gasteiger partial charge in [0.25, 0.3) is 0 Å². The van der Waals surface area contributed by atoms with Gasteiger partial charge in [0, 0.05) is 19.5 Å². The van der Waals surface area contributed by atoms with Crippen molar-refractivity contribution in [1.82, 2.24) is 0 Å². The van der Waals surface area contributed by atoms with Crippen molar-refractivity contribution in [2.24, 2.45) is 0 Å². The molecule has 0 amide bonds. The van der Waals surface area contributed by atoms with E-state index in [1.54, 1.807) is 0 Å². The molecular weight excluding hydrogens is 497 g/mol. The average molecular weight is 523 g/mol. The predicted octanol–water partition coefficient (Wildman–Crippen LogP) is 11.2. The zero-order chi connectivity index (χ0) is 25.6. The first-order valence-corrected chi connectivity index (χ1v) is 14.3. The molecule has 0 spiro atoms. The molecular formula is C36H26S2. The molecule has 0 N–H and O–H groups in total. The van der Waals surface area contributed by atoms with Gasteiger partial charge in [-0.15, -0.1) is 22.7 Å². The van der Waals surface area contributed by atoms with Crippen LogP contribution in [0, 0.1) is 0 Å². The highest BCUT2D eigenvalue weighted by Gasteiger charge is 2.09. The van der Waals surface area contributed by atoms with Gasteiger partial charge in [0.2, 0.25) is 0 Å². The number of benzene rings is 4. The van der Waals surface area contributed by atoms with E-state index in [4.69, 9.17) is 0 Å². The molecule has 4 aromatic carbocycles. The van der Waals surface area contributed by atoms with Gasteiger partial charge in [0.05, 0.1) is 0 Å². The lowest BCUT2D eigenvalue weighted by Crippen LogP contribution is -1.75. The summed E-state index contributed by atoms with van der Waals surface area (Å²) < 4.78 is 0. The molecule has 0 aliphatic rings. The Bertz CT molecular complexity index is 1540. The van der Waals surface area contributed by atoms with Crippen LogP contribution in [-0.4, -0.2) is 0 Å². The lowest BCUT2D eigenvalue weighted by Gasteiger charge is -2.00. The monoisotopic (exact) mass is 522 g/mol. The fourth-order valence-electron chi connectivity index (χ4n) is 4.28. The maximum atomic E-state index is 2.25. The van der Waals surface area contributed by atoms with Gasteiger partial charge in [-0.2, -0.15) is 0 Å². The summed E-state index contributed by atoms with van der Waals surface area (Å²) in [6.45, 7) is 0. The summed E-state index contributed by atoms with van der Waals surface area (Å²) in [6.07, 6.45) is 8.64. The van der Waals surface area contributed by atoms with Crippen molar-refractivity contribution in [3.63, 3.8) is 0 Å². The molecule has 6 rings (SSSR count). The second-order valence-electron chi connectivity index (χ2n) is 9.06. The highest BCUT2D eigenvalue weighted by atomic mass is 32.1. The molecule has 182 valence electrons. The summed E-state index contributed by atoms with van der Waals surface area (Å²) in [4.78, 5) is 5.21. The minimum atomic E-state index is 1.21. The number of hydrogen-bond donors (Lipinski definition) is 0. The second kappa shape index (κ2) is 11.4. The van der Waals surface area contributed by atoms with E-state index >= 15 is 0 Å². The first-order valence-electron chi connectivity index (χ1n) is 12.7. The first kappa shape index (κ1) is 24.1. The lowest BCUT2D eigenvalue weighted by molar-refractivity contribution is 1.64. The van der Waals surface area contributed by atoms with Crippen LogP contribution >= 0.6 is 22.7 Å². The van der Waals surface area contributed by atoms with Crippen LogP contribution in [-0.2, 0) is 0 Å². The van der Waals surface area contributed by atoms with E-state index in [9.17, 15) is 0 Å². The summed E-state index contributed by atoms with van der Waals surface area (Å²) in [5.74, 6) is 0. The largest absolute Gasteiger partial charge is 0.134 e. The second-order valence-corrected chi connectivity index (χ2v) is 11.2. The molecule has 2 aromatic heterocycles. The molecule has 2 heterocycles. The molecule has 0 unspecified atom stereocenters. The third-order valence-corrected chi connectivity index (χ3v) is 8.85. The molecule has 0 nitrogen and oxygen atoms in total. The molecule has 0 radical (unpaired) electrons. The fraction of sp³-hybridized carbons (Fsp3) is 0. The van der Waals surface area contributed by atoms with E-state index in [-0.39, 0.29) is 0 Å². The fourth-order valence-corrected chi connectivity index (χ4v) is 6.39. The number of hydrogen-bond acceptors (Lipinski definition) is 2. The lowest BCUT2D eigenvalue weighted by atomic mass is 10.1. The van der Waals surface area contributed by atoms with Crippen molar-refractivity contribution >= 4 is 47.0 Å². The van der Waals surface area contributed by atoms with Gasteiger partial charge in [0.1, 0.15) is 0 Å². The molecule has 38 heavy (non-hydrogen) atoms. The van der Waals surface area contributed by atoms with Crippen molar-refractivity contribution < 1.29 is 0 Å². The standard InChI is InChI=1S/C36H26S2/c1-3-7-27(8-4-1)11-13-29-15-19-31(20-16-29)33-23-25-35(37-33)36-26-24-34(38-36)32-21-17-30(18-22-32)14-12-28-9-5-2-6-10-28/h1-26H. The quantitative estimate of drug-likeness (QED) is 0.183. The molecule has 0 fully saturated rings. The van der Waals surface area contributed by atoms with Crippen LogP contribution < -0.4 is 0 Å². The minimum Gasteiger partial charge on any atom is -0.134 e. The summed E-state index contributed by atoms with van der Waals surface area (Å²) in [7, 11) is 0. The van der Waals surface area contributed by atoms with Crippen molar-refractivity contribution in [1.29, 1.82) is 0 Å². The van der Waals surface area contributed by atoms with Crippen LogP contribution in [0.3, 0.4) is 0 Å². The Kier molecular flexibility index (Phi) is 7.26. The normalized spacial score (nSPS) is 11.5. The minimum absolute atomic E-state index is 1.21. The molecule has 0 aliphatic carbocycles. The van der Waals surface area contributed by atoms with Crippen molar-refractivity contribution in [3.05, 3.63) is 156 Å². The third kappa shape index (κ3) is 5.84. The Balaban J connectivity index is 1.13. The van der Waals surface area contributed by atoms with Crippen molar-refractivity contribution in [3.8, 4) is 30.6 Å². The molecule has 0 saturated heterocycles. The zero-order valence-electron chi connectivity index (χ0n) is 20.8. The van der Waals surface area contributed by atoms with Crippen LogP contribution in [0.15, 0.2) is 133 Å². The summed E-state index contributed by atoms with van der Waals surface area (Å²) >= 11 is 3.71.